The fraction of sp³-hybridized carbons (Fsp3) is 1.00. The van der Waals surface area contributed by atoms with Gasteiger partial charge >= 0.3 is 0 Å². The third-order valence-corrected chi connectivity index (χ3v) is 3.03. The van der Waals surface area contributed by atoms with Gasteiger partial charge in [0.15, 0.2) is 0 Å². The molecule has 3 heteroatoms. The predicted octanol–water partition coefficient (Wildman–Crippen LogP) is 1.47. The first kappa shape index (κ1) is 12.9. The third-order valence-electron chi connectivity index (χ3n) is 3.03. The Kier molecular flexibility index (Phi) is 6.22. The standard InChI is InChI=1S/C12H26N2O/c1-3-5-12(13)9-14(2)8-11-6-4-7-15-10-11/h11-12H,3-10,13H2,1-2H3. The van der Waals surface area contributed by atoms with Crippen molar-refractivity contribution in [1.29, 1.82) is 0 Å². The summed E-state index contributed by atoms with van der Waals surface area (Å²) in [6.45, 7) is 6.24. The molecular weight excluding hydrogens is 188 g/mol. The maximum atomic E-state index is 6.02. The van der Waals surface area contributed by atoms with Gasteiger partial charge in [0, 0.05) is 25.7 Å². The molecule has 0 saturated carbocycles. The molecule has 90 valence electrons. The van der Waals surface area contributed by atoms with E-state index >= 15 is 0 Å². The Morgan fingerprint density at radius 1 is 1.53 bits per heavy atom. The van der Waals surface area contributed by atoms with Gasteiger partial charge in [-0.05, 0) is 32.2 Å². The minimum Gasteiger partial charge on any atom is -0.381 e. The molecule has 1 heterocycles. The first-order valence-corrected chi connectivity index (χ1v) is 6.24. The van der Waals surface area contributed by atoms with Gasteiger partial charge in [0.25, 0.3) is 0 Å². The summed E-state index contributed by atoms with van der Waals surface area (Å²) in [6, 6.07) is 0.338. The van der Waals surface area contributed by atoms with E-state index in [-0.39, 0.29) is 0 Å². The maximum Gasteiger partial charge on any atom is 0.0506 e. The predicted molar refractivity (Wildman–Crippen MR) is 63.9 cm³/mol. The lowest BCUT2D eigenvalue weighted by atomic mass is 10.0. The van der Waals surface area contributed by atoms with E-state index in [1.807, 2.05) is 0 Å². The summed E-state index contributed by atoms with van der Waals surface area (Å²) in [4.78, 5) is 2.36. The molecule has 0 spiro atoms. The Morgan fingerprint density at radius 2 is 2.33 bits per heavy atom. The highest BCUT2D eigenvalue weighted by Crippen LogP contribution is 2.14. The van der Waals surface area contributed by atoms with Crippen LogP contribution in [0.3, 0.4) is 0 Å². The number of ether oxygens (including phenoxy) is 1. The Bertz CT molecular complexity index is 158. The quantitative estimate of drug-likeness (QED) is 0.728. The topological polar surface area (TPSA) is 38.5 Å². The molecule has 2 atom stereocenters. The van der Waals surface area contributed by atoms with E-state index in [9.17, 15) is 0 Å². The molecule has 3 nitrogen and oxygen atoms in total. The van der Waals surface area contributed by atoms with Gasteiger partial charge < -0.3 is 15.4 Å². The van der Waals surface area contributed by atoms with Gasteiger partial charge in [-0.15, -0.1) is 0 Å². The van der Waals surface area contributed by atoms with Crippen LogP contribution in [-0.2, 0) is 4.74 Å². The van der Waals surface area contributed by atoms with Gasteiger partial charge in [-0.2, -0.15) is 0 Å². The van der Waals surface area contributed by atoms with Crippen molar-refractivity contribution < 1.29 is 4.74 Å². The molecule has 1 aliphatic heterocycles. The number of rotatable bonds is 6. The minimum absolute atomic E-state index is 0.338. The molecule has 1 rings (SSSR count). The van der Waals surface area contributed by atoms with Gasteiger partial charge in [0.2, 0.25) is 0 Å². The van der Waals surface area contributed by atoms with E-state index < -0.39 is 0 Å². The zero-order valence-corrected chi connectivity index (χ0v) is 10.2. The molecule has 1 fully saturated rings. The summed E-state index contributed by atoms with van der Waals surface area (Å²) < 4.78 is 5.48. The van der Waals surface area contributed by atoms with Crippen molar-refractivity contribution in [2.24, 2.45) is 11.7 Å². The summed E-state index contributed by atoms with van der Waals surface area (Å²) >= 11 is 0. The Hall–Kier alpha value is -0.120. The van der Waals surface area contributed by atoms with E-state index in [0.29, 0.717) is 6.04 Å². The fourth-order valence-corrected chi connectivity index (χ4v) is 2.33. The van der Waals surface area contributed by atoms with E-state index in [1.54, 1.807) is 0 Å². The first-order chi connectivity index (χ1) is 7.22. The molecule has 0 aromatic heterocycles. The second-order valence-corrected chi connectivity index (χ2v) is 4.85. The highest BCUT2D eigenvalue weighted by Gasteiger charge is 2.16. The van der Waals surface area contributed by atoms with Gasteiger partial charge in [-0.3, -0.25) is 0 Å². The van der Waals surface area contributed by atoms with Crippen molar-refractivity contribution in [3.63, 3.8) is 0 Å². The maximum absolute atomic E-state index is 6.02. The zero-order chi connectivity index (χ0) is 11.1. The number of hydrogen-bond acceptors (Lipinski definition) is 3. The van der Waals surface area contributed by atoms with Crippen LogP contribution in [0.25, 0.3) is 0 Å². The molecule has 0 amide bonds. The molecule has 15 heavy (non-hydrogen) atoms. The number of likely N-dealkylation sites (N-methyl/N-ethyl adjacent to an activating group) is 1. The average molecular weight is 214 g/mol. The Balaban J connectivity index is 2.13. The monoisotopic (exact) mass is 214 g/mol. The molecule has 0 aromatic rings. The van der Waals surface area contributed by atoms with E-state index in [4.69, 9.17) is 10.5 Å². The van der Waals surface area contributed by atoms with Gasteiger partial charge in [-0.25, -0.2) is 0 Å². The Labute approximate surface area is 94.0 Å². The van der Waals surface area contributed by atoms with Crippen LogP contribution in [0.5, 0.6) is 0 Å². The molecule has 2 N–H and O–H groups in total. The van der Waals surface area contributed by atoms with Crippen molar-refractivity contribution in [1.82, 2.24) is 4.90 Å². The SMILES string of the molecule is CCCC(N)CN(C)CC1CCCOC1. The van der Waals surface area contributed by atoms with Crippen molar-refractivity contribution in [2.45, 2.75) is 38.6 Å². The molecule has 0 aromatic carbocycles. The highest BCUT2D eigenvalue weighted by atomic mass is 16.5. The van der Waals surface area contributed by atoms with Gasteiger partial charge in [0.1, 0.15) is 0 Å². The second kappa shape index (κ2) is 7.20. The highest BCUT2D eigenvalue weighted by molar-refractivity contribution is 4.70. The first-order valence-electron chi connectivity index (χ1n) is 6.24. The third kappa shape index (κ3) is 5.50. The molecule has 2 unspecified atom stereocenters. The van der Waals surface area contributed by atoms with Crippen LogP contribution in [0, 0.1) is 5.92 Å². The Morgan fingerprint density at radius 3 is 2.93 bits per heavy atom. The zero-order valence-electron chi connectivity index (χ0n) is 10.2. The van der Waals surface area contributed by atoms with Crippen LogP contribution in [0.2, 0.25) is 0 Å². The lowest BCUT2D eigenvalue weighted by Gasteiger charge is -2.28. The lowest BCUT2D eigenvalue weighted by molar-refractivity contribution is 0.0413. The van der Waals surface area contributed by atoms with Crippen LogP contribution in [0.15, 0.2) is 0 Å². The molecule has 0 aliphatic carbocycles. The summed E-state index contributed by atoms with van der Waals surface area (Å²) in [6.07, 6.45) is 4.85. The van der Waals surface area contributed by atoms with Crippen LogP contribution in [0.4, 0.5) is 0 Å². The number of hydrogen-bond donors (Lipinski definition) is 1. The van der Waals surface area contributed by atoms with E-state index in [1.165, 1.54) is 19.3 Å². The van der Waals surface area contributed by atoms with Crippen LogP contribution in [0.1, 0.15) is 32.6 Å². The van der Waals surface area contributed by atoms with Crippen LogP contribution < -0.4 is 5.73 Å². The molecule has 0 radical (unpaired) electrons. The lowest BCUT2D eigenvalue weighted by Crippen LogP contribution is -2.39. The normalized spacial score (nSPS) is 24.4. The summed E-state index contributed by atoms with van der Waals surface area (Å²) in [7, 11) is 2.17. The summed E-state index contributed by atoms with van der Waals surface area (Å²) in [5.74, 6) is 0.720. The van der Waals surface area contributed by atoms with Gasteiger partial charge in [-0.1, -0.05) is 13.3 Å². The molecule has 1 saturated heterocycles. The van der Waals surface area contributed by atoms with Crippen LogP contribution in [-0.4, -0.2) is 44.3 Å². The van der Waals surface area contributed by atoms with Crippen molar-refractivity contribution >= 4 is 0 Å². The van der Waals surface area contributed by atoms with Crippen LogP contribution >= 0.6 is 0 Å². The van der Waals surface area contributed by atoms with Crippen molar-refractivity contribution in [3.8, 4) is 0 Å². The van der Waals surface area contributed by atoms with Crippen molar-refractivity contribution in [3.05, 3.63) is 0 Å². The summed E-state index contributed by atoms with van der Waals surface area (Å²) in [5.41, 5.74) is 6.02. The number of nitrogens with zero attached hydrogens (tertiary/aromatic N) is 1. The van der Waals surface area contributed by atoms with Crippen molar-refractivity contribution in [2.75, 3.05) is 33.4 Å². The fourth-order valence-electron chi connectivity index (χ4n) is 2.33. The summed E-state index contributed by atoms with van der Waals surface area (Å²) in [5, 5.41) is 0. The smallest absolute Gasteiger partial charge is 0.0506 e. The second-order valence-electron chi connectivity index (χ2n) is 4.85. The molecule has 1 aliphatic rings. The average Bonchev–Trinajstić information content (AvgIpc) is 2.19. The van der Waals surface area contributed by atoms with Gasteiger partial charge in [0.05, 0.1) is 6.61 Å². The minimum atomic E-state index is 0.338. The largest absolute Gasteiger partial charge is 0.381 e. The molecule has 0 bridgehead atoms. The van der Waals surface area contributed by atoms with E-state index in [2.05, 4.69) is 18.9 Å². The number of nitrogens with two attached hydrogens (primary N) is 1. The molecular formula is C12H26N2O. The van der Waals surface area contributed by atoms with E-state index in [0.717, 1.165) is 38.6 Å².